The molecule has 0 bridgehead atoms. The summed E-state index contributed by atoms with van der Waals surface area (Å²) < 4.78 is 15.0. The van der Waals surface area contributed by atoms with Crippen LogP contribution in [0.2, 0.25) is 0 Å². The van der Waals surface area contributed by atoms with Crippen molar-refractivity contribution in [2.75, 3.05) is 5.73 Å². The van der Waals surface area contributed by atoms with Crippen molar-refractivity contribution in [2.24, 2.45) is 7.05 Å². The average molecular weight is 284 g/mol. The van der Waals surface area contributed by atoms with Crippen LogP contribution in [0, 0.1) is 5.82 Å². The molecule has 0 radical (unpaired) electrons. The average Bonchev–Trinajstić information content (AvgIpc) is 2.76. The monoisotopic (exact) mass is 284 g/mol. The molecule has 0 spiro atoms. The number of nitrogens with zero attached hydrogens (tertiary/aromatic N) is 2. The number of H-pyrrole nitrogens is 1. The summed E-state index contributed by atoms with van der Waals surface area (Å²) >= 11 is 0. The lowest BCUT2D eigenvalue weighted by Crippen LogP contribution is -2.01. The molecule has 106 valence electrons. The van der Waals surface area contributed by atoms with Crippen LogP contribution in [0.15, 0.2) is 47.4 Å². The van der Waals surface area contributed by atoms with Crippen LogP contribution < -0.4 is 11.3 Å². The molecule has 0 aliphatic heterocycles. The Morgan fingerprint density at radius 2 is 2.05 bits per heavy atom. The van der Waals surface area contributed by atoms with Gasteiger partial charge in [-0.25, -0.2) is 4.39 Å². The first-order valence-electron chi connectivity index (χ1n) is 6.34. The van der Waals surface area contributed by atoms with E-state index in [-0.39, 0.29) is 11.4 Å². The summed E-state index contributed by atoms with van der Waals surface area (Å²) in [6.45, 7) is 0. The van der Waals surface area contributed by atoms with E-state index in [1.54, 1.807) is 31.4 Å². The predicted molar refractivity (Wildman–Crippen MR) is 79.1 cm³/mol. The molecule has 0 aliphatic rings. The predicted octanol–water partition coefficient (Wildman–Crippen LogP) is 2.16. The number of aromatic amines is 1. The number of nitrogen functional groups attached to an aromatic ring is 1. The third-order valence-electron chi connectivity index (χ3n) is 3.26. The van der Waals surface area contributed by atoms with Gasteiger partial charge in [0.1, 0.15) is 17.3 Å². The van der Waals surface area contributed by atoms with Crippen LogP contribution in [0.1, 0.15) is 0 Å². The van der Waals surface area contributed by atoms with Gasteiger partial charge in [-0.15, -0.1) is 0 Å². The molecule has 3 N–H and O–H groups in total. The molecule has 0 fully saturated rings. The van der Waals surface area contributed by atoms with Crippen LogP contribution in [-0.2, 0) is 7.05 Å². The summed E-state index contributed by atoms with van der Waals surface area (Å²) in [5.74, 6) is 0.0879. The van der Waals surface area contributed by atoms with Gasteiger partial charge in [0, 0.05) is 24.9 Å². The molecule has 5 nitrogen and oxygen atoms in total. The molecule has 1 aromatic carbocycles. The lowest BCUT2D eigenvalue weighted by molar-refractivity contribution is 0.628. The van der Waals surface area contributed by atoms with E-state index in [2.05, 4.69) is 10.1 Å². The lowest BCUT2D eigenvalue weighted by Gasteiger charge is -2.04. The molecule has 2 aromatic heterocycles. The Labute approximate surface area is 119 Å². The Hall–Kier alpha value is -2.89. The Balaban J connectivity index is 2.25. The van der Waals surface area contributed by atoms with Crippen LogP contribution in [0.3, 0.4) is 0 Å². The summed E-state index contributed by atoms with van der Waals surface area (Å²) in [5, 5.41) is 4.36. The third-order valence-corrected chi connectivity index (χ3v) is 3.26. The first kappa shape index (κ1) is 13.1. The number of aryl methyl sites for hydroxylation is 1. The Bertz CT molecular complexity index is 846. The van der Waals surface area contributed by atoms with Crippen molar-refractivity contribution in [3.63, 3.8) is 0 Å². The second kappa shape index (κ2) is 4.90. The van der Waals surface area contributed by atoms with Gasteiger partial charge in [0.05, 0.1) is 5.56 Å². The molecule has 2 heterocycles. The molecule has 3 aromatic rings. The van der Waals surface area contributed by atoms with Crippen molar-refractivity contribution in [2.45, 2.75) is 0 Å². The van der Waals surface area contributed by atoms with Gasteiger partial charge in [-0.3, -0.25) is 9.48 Å². The molecule has 0 saturated carbocycles. The van der Waals surface area contributed by atoms with Crippen molar-refractivity contribution in [1.29, 1.82) is 0 Å². The van der Waals surface area contributed by atoms with Crippen molar-refractivity contribution in [1.82, 2.24) is 14.8 Å². The molecular formula is C15H13FN4O. The van der Waals surface area contributed by atoms with Crippen LogP contribution in [0.4, 0.5) is 10.2 Å². The SMILES string of the molecule is Cn1nc(-c2ccc(=O)[nH]c2)c(-c2cccc(F)c2)c1N. The van der Waals surface area contributed by atoms with E-state index in [1.807, 2.05) is 0 Å². The van der Waals surface area contributed by atoms with Crippen molar-refractivity contribution < 1.29 is 4.39 Å². The van der Waals surface area contributed by atoms with Crippen LogP contribution in [-0.4, -0.2) is 14.8 Å². The highest BCUT2D eigenvalue weighted by atomic mass is 19.1. The number of nitrogens with one attached hydrogen (secondary N) is 1. The molecule has 0 unspecified atom stereocenters. The van der Waals surface area contributed by atoms with Crippen LogP contribution in [0.25, 0.3) is 22.4 Å². The topological polar surface area (TPSA) is 76.7 Å². The minimum Gasteiger partial charge on any atom is -0.383 e. The number of hydrogen-bond donors (Lipinski definition) is 2. The summed E-state index contributed by atoms with van der Waals surface area (Å²) in [5.41, 5.74) is 8.45. The van der Waals surface area contributed by atoms with Crippen LogP contribution in [0.5, 0.6) is 0 Å². The van der Waals surface area contributed by atoms with Gasteiger partial charge in [0.25, 0.3) is 0 Å². The highest BCUT2D eigenvalue weighted by Gasteiger charge is 2.17. The molecule has 6 heteroatoms. The van der Waals surface area contributed by atoms with E-state index < -0.39 is 0 Å². The molecule has 3 rings (SSSR count). The van der Waals surface area contributed by atoms with Crippen LogP contribution >= 0.6 is 0 Å². The number of pyridine rings is 1. The van der Waals surface area contributed by atoms with Gasteiger partial charge in [-0.1, -0.05) is 12.1 Å². The third kappa shape index (κ3) is 2.31. The zero-order valence-electron chi connectivity index (χ0n) is 11.3. The number of benzene rings is 1. The van der Waals surface area contributed by atoms with E-state index in [1.165, 1.54) is 22.9 Å². The highest BCUT2D eigenvalue weighted by Crippen LogP contribution is 2.35. The van der Waals surface area contributed by atoms with E-state index in [0.29, 0.717) is 28.2 Å². The zero-order valence-corrected chi connectivity index (χ0v) is 11.3. The number of nitrogens with two attached hydrogens (primary N) is 1. The smallest absolute Gasteiger partial charge is 0.247 e. The van der Waals surface area contributed by atoms with Crippen molar-refractivity contribution in [3.8, 4) is 22.4 Å². The van der Waals surface area contributed by atoms with Gasteiger partial charge in [0.2, 0.25) is 5.56 Å². The normalized spacial score (nSPS) is 10.8. The van der Waals surface area contributed by atoms with Gasteiger partial charge < -0.3 is 10.7 Å². The van der Waals surface area contributed by atoms with E-state index in [0.717, 1.165) is 0 Å². The molecule has 0 atom stereocenters. The summed E-state index contributed by atoms with van der Waals surface area (Å²) in [7, 11) is 1.72. The molecule has 0 aliphatic carbocycles. The Morgan fingerprint density at radius 3 is 2.71 bits per heavy atom. The number of halogens is 1. The fraction of sp³-hybridized carbons (Fsp3) is 0.0667. The van der Waals surface area contributed by atoms with Gasteiger partial charge in [-0.05, 0) is 23.8 Å². The fourth-order valence-electron chi connectivity index (χ4n) is 2.23. The maximum absolute atomic E-state index is 13.5. The van der Waals surface area contributed by atoms with E-state index in [9.17, 15) is 9.18 Å². The minimum absolute atomic E-state index is 0.199. The Morgan fingerprint density at radius 1 is 1.24 bits per heavy atom. The van der Waals surface area contributed by atoms with Crippen molar-refractivity contribution >= 4 is 5.82 Å². The second-order valence-corrected chi connectivity index (χ2v) is 4.68. The quantitative estimate of drug-likeness (QED) is 0.757. The molecular weight excluding hydrogens is 271 g/mol. The number of aromatic nitrogens is 3. The first-order valence-corrected chi connectivity index (χ1v) is 6.34. The standard InChI is InChI=1S/C15H13FN4O/c1-20-15(17)13(9-3-2-4-11(16)7-9)14(19-20)10-5-6-12(21)18-8-10/h2-8H,17H2,1H3,(H,18,21). The Kier molecular flexibility index (Phi) is 3.06. The minimum atomic E-state index is -0.344. The number of hydrogen-bond acceptors (Lipinski definition) is 3. The van der Waals surface area contributed by atoms with Gasteiger partial charge in [-0.2, -0.15) is 5.10 Å². The lowest BCUT2D eigenvalue weighted by atomic mass is 10.0. The fourth-order valence-corrected chi connectivity index (χ4v) is 2.23. The molecule has 0 amide bonds. The van der Waals surface area contributed by atoms with Gasteiger partial charge >= 0.3 is 0 Å². The summed E-state index contributed by atoms with van der Waals surface area (Å²) in [6, 6.07) is 9.23. The molecule has 0 saturated heterocycles. The summed E-state index contributed by atoms with van der Waals surface area (Å²) in [4.78, 5) is 13.8. The first-order chi connectivity index (χ1) is 10.1. The van der Waals surface area contributed by atoms with Gasteiger partial charge in [0.15, 0.2) is 0 Å². The number of anilines is 1. The highest BCUT2D eigenvalue weighted by molar-refractivity contribution is 5.87. The van der Waals surface area contributed by atoms with Crippen molar-refractivity contribution in [3.05, 3.63) is 58.8 Å². The molecule has 21 heavy (non-hydrogen) atoms. The summed E-state index contributed by atoms with van der Waals surface area (Å²) in [6.07, 6.45) is 1.56. The maximum atomic E-state index is 13.5. The number of rotatable bonds is 2. The second-order valence-electron chi connectivity index (χ2n) is 4.68. The van der Waals surface area contributed by atoms with E-state index in [4.69, 9.17) is 5.73 Å². The zero-order chi connectivity index (χ0) is 15.0. The maximum Gasteiger partial charge on any atom is 0.247 e. The van der Waals surface area contributed by atoms with E-state index >= 15 is 0 Å². The largest absolute Gasteiger partial charge is 0.383 e.